The predicted octanol–water partition coefficient (Wildman–Crippen LogP) is -0.149. The van der Waals surface area contributed by atoms with E-state index in [1.807, 2.05) is 0 Å². The van der Waals surface area contributed by atoms with Crippen LogP contribution in [0, 0.1) is 0 Å². The highest BCUT2D eigenvalue weighted by Gasteiger charge is 2.26. The van der Waals surface area contributed by atoms with Crippen LogP contribution in [0.4, 0.5) is 0 Å². The monoisotopic (exact) mass is 241 g/mol. The Bertz CT molecular complexity index is 380. The molecular weight excluding hydrogens is 226 g/mol. The molecule has 0 unspecified atom stereocenters. The molecule has 0 bridgehead atoms. The molecule has 1 aliphatic rings. The predicted molar refractivity (Wildman–Crippen MR) is 61.4 cm³/mol. The summed E-state index contributed by atoms with van der Waals surface area (Å²) in [6.07, 6.45) is 0.984. The zero-order valence-corrected chi connectivity index (χ0v) is 9.74. The largest absolute Gasteiger partial charge is 0.391 e. The summed E-state index contributed by atoms with van der Waals surface area (Å²) in [6.45, 7) is 1.58. The van der Waals surface area contributed by atoms with Gasteiger partial charge in [0.05, 0.1) is 11.1 Å². The zero-order valence-electron chi connectivity index (χ0n) is 8.93. The van der Waals surface area contributed by atoms with E-state index in [0.29, 0.717) is 38.2 Å². The third-order valence-electron chi connectivity index (χ3n) is 2.58. The molecule has 0 aromatic carbocycles. The van der Waals surface area contributed by atoms with Crippen molar-refractivity contribution in [1.82, 2.24) is 9.88 Å². The number of β-amino-alcohol motifs (C(OH)–C–C–N with tert-alkyl or cyclic N) is 1. The van der Waals surface area contributed by atoms with Gasteiger partial charge in [-0.25, -0.2) is 4.98 Å². The van der Waals surface area contributed by atoms with Gasteiger partial charge in [-0.05, 0) is 13.0 Å². The zero-order chi connectivity index (χ0) is 11.5. The third-order valence-corrected chi connectivity index (χ3v) is 3.49. The van der Waals surface area contributed by atoms with Gasteiger partial charge in [0, 0.05) is 24.9 Å². The Balaban J connectivity index is 2.03. The first-order valence-electron chi connectivity index (χ1n) is 5.32. The fourth-order valence-electron chi connectivity index (χ4n) is 1.74. The highest BCUT2D eigenvalue weighted by Crippen LogP contribution is 2.16. The average molecular weight is 241 g/mol. The Morgan fingerprint density at radius 2 is 2.56 bits per heavy atom. The minimum Gasteiger partial charge on any atom is -0.391 e. The maximum absolute atomic E-state index is 11.9. The van der Waals surface area contributed by atoms with Crippen LogP contribution in [0.2, 0.25) is 0 Å². The normalized spacial score (nSPS) is 20.4. The summed E-state index contributed by atoms with van der Waals surface area (Å²) in [7, 11) is 0. The highest BCUT2D eigenvalue weighted by atomic mass is 32.1. The van der Waals surface area contributed by atoms with Crippen molar-refractivity contribution < 1.29 is 9.90 Å². The molecule has 0 saturated carbocycles. The molecule has 2 heterocycles. The molecule has 1 amide bonds. The second-order valence-electron chi connectivity index (χ2n) is 3.86. The number of hydrogen-bond donors (Lipinski definition) is 2. The Labute approximate surface area is 97.9 Å². The molecule has 1 aromatic heterocycles. The summed E-state index contributed by atoms with van der Waals surface area (Å²) in [5.41, 5.74) is 5.90. The van der Waals surface area contributed by atoms with E-state index in [-0.39, 0.29) is 12.0 Å². The van der Waals surface area contributed by atoms with Gasteiger partial charge in [-0.3, -0.25) is 4.79 Å². The molecule has 1 aromatic rings. The first-order chi connectivity index (χ1) is 7.70. The molecule has 2 rings (SSSR count). The van der Waals surface area contributed by atoms with Crippen LogP contribution in [0.5, 0.6) is 0 Å². The molecular formula is C10H15N3O2S. The third kappa shape index (κ3) is 2.40. The maximum Gasteiger partial charge on any atom is 0.273 e. The van der Waals surface area contributed by atoms with Crippen molar-refractivity contribution in [3.8, 4) is 0 Å². The summed E-state index contributed by atoms with van der Waals surface area (Å²) < 4.78 is 0. The number of aromatic nitrogens is 1. The number of nitrogens with zero attached hydrogens (tertiary/aromatic N) is 2. The van der Waals surface area contributed by atoms with Crippen LogP contribution in [0.1, 0.15) is 21.9 Å². The lowest BCUT2D eigenvalue weighted by atomic mass is 10.3. The lowest BCUT2D eigenvalue weighted by Gasteiger charge is -2.13. The molecule has 0 spiro atoms. The van der Waals surface area contributed by atoms with E-state index in [1.165, 1.54) is 11.3 Å². The second-order valence-corrected chi connectivity index (χ2v) is 4.80. The van der Waals surface area contributed by atoms with Gasteiger partial charge in [-0.1, -0.05) is 0 Å². The van der Waals surface area contributed by atoms with Crippen LogP contribution >= 0.6 is 11.3 Å². The van der Waals surface area contributed by atoms with Crippen molar-refractivity contribution in [2.24, 2.45) is 5.73 Å². The summed E-state index contributed by atoms with van der Waals surface area (Å²) in [5.74, 6) is -0.0870. The van der Waals surface area contributed by atoms with Gasteiger partial charge in [0.2, 0.25) is 0 Å². The van der Waals surface area contributed by atoms with E-state index in [4.69, 9.17) is 5.73 Å². The molecule has 1 atom stereocenters. The van der Waals surface area contributed by atoms with Crippen molar-refractivity contribution in [2.45, 2.75) is 18.9 Å². The van der Waals surface area contributed by atoms with Gasteiger partial charge < -0.3 is 15.7 Å². The Morgan fingerprint density at radius 1 is 1.75 bits per heavy atom. The molecule has 16 heavy (non-hydrogen) atoms. The standard InChI is InChI=1S/C10H15N3O2S/c11-3-1-9-12-8(6-16-9)10(15)13-4-2-7(14)5-13/h6-7,14H,1-5,11H2/t7-/m1/s1. The van der Waals surface area contributed by atoms with Gasteiger partial charge in [0.1, 0.15) is 5.69 Å². The second kappa shape index (κ2) is 4.90. The fourth-order valence-corrected chi connectivity index (χ4v) is 2.52. The van der Waals surface area contributed by atoms with Crippen LogP contribution in [0.15, 0.2) is 5.38 Å². The SMILES string of the molecule is NCCc1nc(C(=O)N2CC[C@@H](O)C2)cs1. The number of carbonyl (C=O) groups is 1. The van der Waals surface area contributed by atoms with E-state index in [1.54, 1.807) is 10.3 Å². The van der Waals surface area contributed by atoms with E-state index in [2.05, 4.69) is 4.98 Å². The van der Waals surface area contributed by atoms with Crippen molar-refractivity contribution in [1.29, 1.82) is 0 Å². The van der Waals surface area contributed by atoms with Gasteiger partial charge in [0.15, 0.2) is 0 Å². The Morgan fingerprint density at radius 3 is 3.19 bits per heavy atom. The minimum atomic E-state index is -0.383. The summed E-state index contributed by atoms with van der Waals surface area (Å²) >= 11 is 1.46. The molecule has 1 aliphatic heterocycles. The van der Waals surface area contributed by atoms with E-state index < -0.39 is 0 Å². The van der Waals surface area contributed by atoms with E-state index in [0.717, 1.165) is 5.01 Å². The smallest absolute Gasteiger partial charge is 0.273 e. The molecule has 0 aliphatic carbocycles. The first-order valence-corrected chi connectivity index (χ1v) is 6.20. The van der Waals surface area contributed by atoms with Gasteiger partial charge in [-0.2, -0.15) is 0 Å². The first kappa shape index (κ1) is 11.5. The quantitative estimate of drug-likeness (QED) is 0.771. The van der Waals surface area contributed by atoms with Gasteiger partial charge in [0.25, 0.3) is 5.91 Å². The Kier molecular flexibility index (Phi) is 3.52. The molecule has 5 nitrogen and oxygen atoms in total. The van der Waals surface area contributed by atoms with Crippen molar-refractivity contribution in [3.05, 3.63) is 16.1 Å². The number of hydrogen-bond acceptors (Lipinski definition) is 5. The molecule has 0 radical (unpaired) electrons. The summed E-state index contributed by atoms with van der Waals surface area (Å²) in [6, 6.07) is 0. The summed E-state index contributed by atoms with van der Waals surface area (Å²) in [4.78, 5) is 17.8. The van der Waals surface area contributed by atoms with E-state index in [9.17, 15) is 9.90 Å². The van der Waals surface area contributed by atoms with Crippen molar-refractivity contribution in [2.75, 3.05) is 19.6 Å². The number of rotatable bonds is 3. The molecule has 1 saturated heterocycles. The lowest BCUT2D eigenvalue weighted by Crippen LogP contribution is -2.29. The number of carbonyl (C=O) groups excluding carboxylic acids is 1. The van der Waals surface area contributed by atoms with Crippen LogP contribution in [0.3, 0.4) is 0 Å². The molecule has 3 N–H and O–H groups in total. The minimum absolute atomic E-state index is 0.0870. The van der Waals surface area contributed by atoms with Crippen molar-refractivity contribution >= 4 is 17.2 Å². The fraction of sp³-hybridized carbons (Fsp3) is 0.600. The topological polar surface area (TPSA) is 79.5 Å². The number of aliphatic hydroxyl groups is 1. The Hall–Kier alpha value is -0.980. The number of amides is 1. The summed E-state index contributed by atoms with van der Waals surface area (Å²) in [5, 5.41) is 12.0. The molecule has 6 heteroatoms. The van der Waals surface area contributed by atoms with Gasteiger partial charge >= 0.3 is 0 Å². The number of thiazole rings is 1. The highest BCUT2D eigenvalue weighted by molar-refractivity contribution is 7.09. The van der Waals surface area contributed by atoms with E-state index >= 15 is 0 Å². The van der Waals surface area contributed by atoms with Crippen LogP contribution in [-0.4, -0.2) is 46.6 Å². The number of likely N-dealkylation sites (tertiary alicyclic amines) is 1. The van der Waals surface area contributed by atoms with Crippen LogP contribution in [0.25, 0.3) is 0 Å². The van der Waals surface area contributed by atoms with Gasteiger partial charge in [-0.15, -0.1) is 11.3 Å². The number of nitrogens with two attached hydrogens (primary N) is 1. The van der Waals surface area contributed by atoms with Crippen molar-refractivity contribution in [3.63, 3.8) is 0 Å². The van der Waals surface area contributed by atoms with Crippen LogP contribution < -0.4 is 5.73 Å². The molecule has 88 valence electrons. The number of aliphatic hydroxyl groups excluding tert-OH is 1. The maximum atomic E-state index is 11.9. The average Bonchev–Trinajstić information content (AvgIpc) is 2.87. The van der Waals surface area contributed by atoms with Crippen LogP contribution in [-0.2, 0) is 6.42 Å². The lowest BCUT2D eigenvalue weighted by molar-refractivity contribution is 0.0760. The molecule has 1 fully saturated rings.